The fourth-order valence-corrected chi connectivity index (χ4v) is 3.31. The monoisotopic (exact) mass is 446 g/mol. The molecule has 26 heavy (non-hydrogen) atoms. The highest BCUT2D eigenvalue weighted by atomic mass is 79.9. The van der Waals surface area contributed by atoms with E-state index in [1.54, 1.807) is 6.07 Å². The number of aromatic nitrogens is 2. The van der Waals surface area contributed by atoms with Crippen molar-refractivity contribution in [2.45, 2.75) is 12.8 Å². The highest BCUT2D eigenvalue weighted by Gasteiger charge is 2.34. The number of hydrogen-bond acceptors (Lipinski definition) is 6. The van der Waals surface area contributed by atoms with E-state index in [1.165, 1.54) is 29.5 Å². The van der Waals surface area contributed by atoms with Gasteiger partial charge in [0.25, 0.3) is 5.89 Å². The van der Waals surface area contributed by atoms with E-state index in [0.29, 0.717) is 4.88 Å². The largest absolute Gasteiger partial charge is 0.417 e. The molecule has 1 aromatic carbocycles. The lowest BCUT2D eigenvalue weighted by Crippen LogP contribution is -2.12. The number of benzene rings is 1. The van der Waals surface area contributed by atoms with Gasteiger partial charge >= 0.3 is 6.18 Å². The summed E-state index contributed by atoms with van der Waals surface area (Å²) >= 11 is 4.66. The second-order valence-electron chi connectivity index (χ2n) is 4.92. The van der Waals surface area contributed by atoms with Gasteiger partial charge in [0, 0.05) is 9.85 Å². The van der Waals surface area contributed by atoms with Crippen molar-refractivity contribution in [3.63, 3.8) is 0 Å². The van der Waals surface area contributed by atoms with Gasteiger partial charge in [0.15, 0.2) is 12.4 Å². The number of rotatable bonds is 5. The lowest BCUT2D eigenvalue weighted by molar-refractivity contribution is -0.137. The summed E-state index contributed by atoms with van der Waals surface area (Å²) in [5, 5.41) is 12.9. The molecular weight excluding hydrogens is 437 g/mol. The number of alkyl halides is 3. The highest BCUT2D eigenvalue weighted by Crippen LogP contribution is 2.36. The van der Waals surface area contributed by atoms with Crippen LogP contribution in [0.1, 0.15) is 16.3 Å². The first-order valence-electron chi connectivity index (χ1n) is 7.03. The second-order valence-corrected chi connectivity index (χ2v) is 6.75. The molecule has 0 spiro atoms. The molecule has 0 fully saturated rings. The van der Waals surface area contributed by atoms with E-state index in [4.69, 9.17) is 15.0 Å². The molecule has 2 aromatic heterocycles. The van der Waals surface area contributed by atoms with Crippen LogP contribution in [0.4, 0.5) is 13.2 Å². The maximum absolute atomic E-state index is 13.0. The van der Waals surface area contributed by atoms with Crippen LogP contribution in [-0.4, -0.2) is 16.0 Å². The fourth-order valence-electron chi connectivity index (χ4n) is 1.99. The van der Waals surface area contributed by atoms with Crippen molar-refractivity contribution in [2.75, 3.05) is 0 Å². The zero-order chi connectivity index (χ0) is 18.7. The molecule has 0 atom stereocenters. The molecule has 0 amide bonds. The molecule has 0 saturated carbocycles. The minimum absolute atomic E-state index is 0.0270. The smallest absolute Gasteiger partial charge is 0.417 e. The average Bonchev–Trinajstić information content (AvgIpc) is 3.23. The van der Waals surface area contributed by atoms with Crippen molar-refractivity contribution in [1.82, 2.24) is 10.2 Å². The lowest BCUT2D eigenvalue weighted by atomic mass is 10.1. The molecule has 0 radical (unpaired) electrons. The summed E-state index contributed by atoms with van der Waals surface area (Å²) in [4.78, 5) is 5.72. The summed E-state index contributed by atoms with van der Waals surface area (Å²) < 4.78 is 45.2. The molecule has 0 aliphatic rings. The van der Waals surface area contributed by atoms with Crippen molar-refractivity contribution in [1.29, 1.82) is 0 Å². The molecule has 0 unspecified atom stereocenters. The van der Waals surface area contributed by atoms with Crippen LogP contribution in [0.5, 0.6) is 0 Å². The summed E-state index contributed by atoms with van der Waals surface area (Å²) in [6, 6.07) is 6.71. The number of thiophene rings is 1. The molecule has 3 rings (SSSR count). The first-order valence-corrected chi connectivity index (χ1v) is 8.70. The van der Waals surface area contributed by atoms with Gasteiger partial charge in [-0.25, -0.2) is 0 Å². The molecule has 0 aliphatic carbocycles. The van der Waals surface area contributed by atoms with Gasteiger partial charge in [0.1, 0.15) is 0 Å². The minimum Gasteiger partial charge on any atom is -0.417 e. The van der Waals surface area contributed by atoms with Gasteiger partial charge in [0.05, 0.1) is 16.0 Å². The standard InChI is InChI=1S/C15H10BrF3N4O2S/c16-8-5-11(26-7-8)13(20)23-24-6-12-21-22-14(25-12)9-3-1-2-4-10(9)15(17,18)19/h1-5,7H,6H2,(H2,20,23). The Bertz CT molecular complexity index is 939. The van der Waals surface area contributed by atoms with Crippen LogP contribution in [0.3, 0.4) is 0 Å². The normalized spacial score (nSPS) is 12.4. The summed E-state index contributed by atoms with van der Waals surface area (Å²) in [7, 11) is 0. The number of halogens is 4. The van der Waals surface area contributed by atoms with E-state index in [0.717, 1.165) is 10.5 Å². The van der Waals surface area contributed by atoms with Crippen molar-refractivity contribution < 1.29 is 22.4 Å². The van der Waals surface area contributed by atoms with E-state index in [1.807, 2.05) is 5.38 Å². The van der Waals surface area contributed by atoms with Crippen molar-refractivity contribution >= 4 is 33.1 Å². The molecular formula is C15H10BrF3N4O2S. The first-order chi connectivity index (χ1) is 12.3. The van der Waals surface area contributed by atoms with E-state index in [2.05, 4.69) is 31.3 Å². The van der Waals surface area contributed by atoms with Crippen LogP contribution in [0.25, 0.3) is 11.5 Å². The second kappa shape index (κ2) is 7.46. The summed E-state index contributed by atoms with van der Waals surface area (Å²) in [5.74, 6) is -0.126. The number of amidine groups is 1. The topological polar surface area (TPSA) is 86.5 Å². The van der Waals surface area contributed by atoms with Gasteiger partial charge in [-0.05, 0) is 34.1 Å². The molecule has 0 bridgehead atoms. The summed E-state index contributed by atoms with van der Waals surface area (Å²) in [5.41, 5.74) is 4.70. The lowest BCUT2D eigenvalue weighted by Gasteiger charge is -2.09. The SMILES string of the molecule is N/C(=N\OCc1nnc(-c2ccccc2C(F)(F)F)o1)c1cc(Br)cs1. The molecule has 0 saturated heterocycles. The van der Waals surface area contributed by atoms with Crippen LogP contribution in [0, 0.1) is 0 Å². The van der Waals surface area contributed by atoms with Crippen LogP contribution in [-0.2, 0) is 17.6 Å². The Morgan fingerprint density at radius 1 is 1.31 bits per heavy atom. The number of nitrogens with zero attached hydrogens (tertiary/aromatic N) is 3. The Labute approximate surface area is 157 Å². The number of nitrogens with two attached hydrogens (primary N) is 1. The fraction of sp³-hybridized carbons (Fsp3) is 0.133. The van der Waals surface area contributed by atoms with Crippen LogP contribution in [0.15, 0.2) is 49.8 Å². The minimum atomic E-state index is -4.53. The molecule has 3 aromatic rings. The molecule has 2 heterocycles. The Morgan fingerprint density at radius 3 is 2.77 bits per heavy atom. The maximum Gasteiger partial charge on any atom is 0.417 e. The molecule has 2 N–H and O–H groups in total. The van der Waals surface area contributed by atoms with Crippen molar-refractivity contribution in [3.8, 4) is 11.5 Å². The number of hydrogen-bond donors (Lipinski definition) is 1. The predicted octanol–water partition coefficient (Wildman–Crippen LogP) is 4.42. The van der Waals surface area contributed by atoms with Gasteiger partial charge in [-0.15, -0.1) is 21.5 Å². The third kappa shape index (κ3) is 4.22. The van der Waals surface area contributed by atoms with Crippen LogP contribution in [0.2, 0.25) is 0 Å². The Balaban J connectivity index is 1.71. The Hall–Kier alpha value is -2.40. The van der Waals surface area contributed by atoms with E-state index in [9.17, 15) is 13.2 Å². The third-order valence-corrected chi connectivity index (χ3v) is 4.81. The van der Waals surface area contributed by atoms with E-state index in [-0.39, 0.29) is 29.8 Å². The maximum atomic E-state index is 13.0. The molecule has 136 valence electrons. The van der Waals surface area contributed by atoms with Gasteiger partial charge in [-0.2, -0.15) is 13.2 Å². The van der Waals surface area contributed by atoms with Gasteiger partial charge < -0.3 is 15.0 Å². The van der Waals surface area contributed by atoms with Crippen molar-refractivity contribution in [3.05, 3.63) is 56.5 Å². The summed E-state index contributed by atoms with van der Waals surface area (Å²) in [6.07, 6.45) is -4.53. The van der Waals surface area contributed by atoms with E-state index < -0.39 is 11.7 Å². The van der Waals surface area contributed by atoms with E-state index >= 15 is 0 Å². The average molecular weight is 447 g/mol. The molecule has 6 nitrogen and oxygen atoms in total. The van der Waals surface area contributed by atoms with Crippen molar-refractivity contribution in [2.24, 2.45) is 10.9 Å². The van der Waals surface area contributed by atoms with Gasteiger partial charge in [-0.3, -0.25) is 0 Å². The Kier molecular flexibility index (Phi) is 5.28. The van der Waals surface area contributed by atoms with Gasteiger partial charge in [0.2, 0.25) is 5.89 Å². The summed E-state index contributed by atoms with van der Waals surface area (Å²) in [6.45, 7) is -0.228. The quantitative estimate of drug-likeness (QED) is 0.356. The zero-order valence-electron chi connectivity index (χ0n) is 12.8. The van der Waals surface area contributed by atoms with Crippen LogP contribution < -0.4 is 5.73 Å². The Morgan fingerprint density at radius 2 is 2.08 bits per heavy atom. The van der Waals surface area contributed by atoms with Crippen LogP contribution >= 0.6 is 27.3 Å². The third-order valence-electron chi connectivity index (χ3n) is 3.10. The first kappa shape index (κ1) is 18.4. The molecule has 0 aliphatic heterocycles. The van der Waals surface area contributed by atoms with Gasteiger partial charge in [-0.1, -0.05) is 17.3 Å². The predicted molar refractivity (Wildman–Crippen MR) is 92.3 cm³/mol. The zero-order valence-corrected chi connectivity index (χ0v) is 15.2. The number of oxime groups is 1. The molecule has 11 heteroatoms. The highest BCUT2D eigenvalue weighted by molar-refractivity contribution is 9.10.